The highest BCUT2D eigenvalue weighted by Gasteiger charge is 2.32. The number of nitrogens with one attached hydrogen (secondary N) is 1. The Labute approximate surface area is 149 Å². The van der Waals surface area contributed by atoms with Gasteiger partial charge < -0.3 is 5.32 Å². The van der Waals surface area contributed by atoms with Gasteiger partial charge >= 0.3 is 0 Å². The van der Waals surface area contributed by atoms with Gasteiger partial charge in [0.1, 0.15) is 5.82 Å². The van der Waals surface area contributed by atoms with E-state index in [-0.39, 0.29) is 17.9 Å². The van der Waals surface area contributed by atoms with Crippen LogP contribution in [0.15, 0.2) is 42.6 Å². The SMILES string of the molecule is Cc1cccc(-n2ncc3c2NC(=O)CC3c2cccc(F)c2F)c1C. The van der Waals surface area contributed by atoms with E-state index in [0.29, 0.717) is 11.4 Å². The third-order valence-corrected chi connectivity index (χ3v) is 4.98. The summed E-state index contributed by atoms with van der Waals surface area (Å²) in [6.07, 6.45) is 1.66. The number of hydrogen-bond acceptors (Lipinski definition) is 2. The number of amides is 1. The molecule has 132 valence electrons. The fourth-order valence-electron chi connectivity index (χ4n) is 3.43. The number of halogens is 2. The van der Waals surface area contributed by atoms with Gasteiger partial charge in [0.2, 0.25) is 5.91 Å². The lowest BCUT2D eigenvalue weighted by Gasteiger charge is -2.24. The molecule has 0 spiro atoms. The van der Waals surface area contributed by atoms with Gasteiger partial charge in [0.15, 0.2) is 11.6 Å². The Morgan fingerprint density at radius 3 is 2.69 bits per heavy atom. The molecule has 0 saturated carbocycles. The number of carbonyl (C=O) groups is 1. The van der Waals surface area contributed by atoms with Crippen LogP contribution in [0.4, 0.5) is 14.6 Å². The van der Waals surface area contributed by atoms with Crippen molar-refractivity contribution in [2.75, 3.05) is 5.32 Å². The zero-order valence-corrected chi connectivity index (χ0v) is 14.4. The molecular formula is C20H17F2N3O. The second-order valence-corrected chi connectivity index (χ2v) is 6.53. The predicted molar refractivity (Wildman–Crippen MR) is 94.5 cm³/mol. The molecule has 1 aliphatic rings. The predicted octanol–water partition coefficient (Wildman–Crippen LogP) is 4.24. The Morgan fingerprint density at radius 2 is 1.88 bits per heavy atom. The van der Waals surface area contributed by atoms with Crippen molar-refractivity contribution >= 4 is 11.7 Å². The van der Waals surface area contributed by atoms with Gasteiger partial charge in [-0.15, -0.1) is 0 Å². The van der Waals surface area contributed by atoms with Crippen LogP contribution >= 0.6 is 0 Å². The van der Waals surface area contributed by atoms with Crippen LogP contribution in [0, 0.1) is 25.5 Å². The average Bonchev–Trinajstić information content (AvgIpc) is 3.03. The molecule has 1 aliphatic heterocycles. The largest absolute Gasteiger partial charge is 0.310 e. The van der Waals surface area contributed by atoms with Crippen LogP contribution in [0.1, 0.15) is 34.6 Å². The Hall–Kier alpha value is -3.02. The molecule has 2 aromatic carbocycles. The van der Waals surface area contributed by atoms with Gasteiger partial charge in [0, 0.05) is 17.9 Å². The summed E-state index contributed by atoms with van der Waals surface area (Å²) in [6.45, 7) is 3.98. The number of anilines is 1. The summed E-state index contributed by atoms with van der Waals surface area (Å²) in [5.74, 6) is -2.16. The van der Waals surface area contributed by atoms with Crippen LogP contribution < -0.4 is 5.32 Å². The van der Waals surface area contributed by atoms with Gasteiger partial charge in [-0.05, 0) is 42.7 Å². The zero-order valence-electron chi connectivity index (χ0n) is 14.4. The Bertz CT molecular complexity index is 1030. The normalized spacial score (nSPS) is 16.3. The van der Waals surface area contributed by atoms with E-state index in [4.69, 9.17) is 0 Å². The van der Waals surface area contributed by atoms with Crippen LogP contribution in [-0.4, -0.2) is 15.7 Å². The number of hydrogen-bond donors (Lipinski definition) is 1. The first-order valence-corrected chi connectivity index (χ1v) is 8.35. The highest BCUT2D eigenvalue weighted by molar-refractivity contribution is 5.94. The van der Waals surface area contributed by atoms with Crippen molar-refractivity contribution in [3.8, 4) is 5.69 Å². The van der Waals surface area contributed by atoms with Crippen molar-refractivity contribution in [1.82, 2.24) is 9.78 Å². The summed E-state index contributed by atoms with van der Waals surface area (Å²) in [4.78, 5) is 12.3. The maximum absolute atomic E-state index is 14.3. The molecule has 0 radical (unpaired) electrons. The monoisotopic (exact) mass is 353 g/mol. The average molecular weight is 353 g/mol. The number of rotatable bonds is 2. The van der Waals surface area contributed by atoms with Crippen LogP contribution in [0.25, 0.3) is 5.69 Å². The van der Waals surface area contributed by atoms with Gasteiger partial charge in [-0.25, -0.2) is 13.5 Å². The number of aromatic nitrogens is 2. The molecule has 6 heteroatoms. The number of aryl methyl sites for hydroxylation is 1. The molecule has 26 heavy (non-hydrogen) atoms. The summed E-state index contributed by atoms with van der Waals surface area (Å²) >= 11 is 0. The quantitative estimate of drug-likeness (QED) is 0.749. The summed E-state index contributed by atoms with van der Waals surface area (Å²) in [5, 5.41) is 7.25. The molecule has 1 amide bonds. The van der Waals surface area contributed by atoms with E-state index in [1.807, 2.05) is 32.0 Å². The van der Waals surface area contributed by atoms with E-state index in [1.54, 1.807) is 10.9 Å². The van der Waals surface area contributed by atoms with Crippen molar-refractivity contribution in [1.29, 1.82) is 0 Å². The van der Waals surface area contributed by atoms with Gasteiger partial charge in [0.05, 0.1) is 11.9 Å². The fourth-order valence-corrected chi connectivity index (χ4v) is 3.43. The van der Waals surface area contributed by atoms with Crippen molar-refractivity contribution in [2.24, 2.45) is 0 Å². The highest BCUT2D eigenvalue weighted by atomic mass is 19.2. The maximum Gasteiger partial charge on any atom is 0.226 e. The molecule has 1 aromatic heterocycles. The van der Waals surface area contributed by atoms with E-state index in [9.17, 15) is 13.6 Å². The highest BCUT2D eigenvalue weighted by Crippen LogP contribution is 2.39. The van der Waals surface area contributed by atoms with E-state index in [1.165, 1.54) is 12.1 Å². The van der Waals surface area contributed by atoms with E-state index in [0.717, 1.165) is 22.9 Å². The maximum atomic E-state index is 14.3. The molecule has 2 heterocycles. The fraction of sp³-hybridized carbons (Fsp3) is 0.200. The first-order valence-electron chi connectivity index (χ1n) is 8.35. The number of fused-ring (bicyclic) bond motifs is 1. The molecule has 4 nitrogen and oxygen atoms in total. The van der Waals surface area contributed by atoms with Gasteiger partial charge in [-0.3, -0.25) is 4.79 Å². The Morgan fingerprint density at radius 1 is 1.12 bits per heavy atom. The molecule has 1 unspecified atom stereocenters. The van der Waals surface area contributed by atoms with Crippen LogP contribution in [0.3, 0.4) is 0 Å². The van der Waals surface area contributed by atoms with E-state index in [2.05, 4.69) is 10.4 Å². The van der Waals surface area contributed by atoms with Crippen molar-refractivity contribution in [2.45, 2.75) is 26.2 Å². The Kier molecular flexibility index (Phi) is 3.83. The minimum absolute atomic E-state index is 0.0475. The molecular weight excluding hydrogens is 336 g/mol. The van der Waals surface area contributed by atoms with E-state index < -0.39 is 17.6 Å². The van der Waals surface area contributed by atoms with Crippen LogP contribution in [-0.2, 0) is 4.79 Å². The van der Waals surface area contributed by atoms with Crippen molar-refractivity contribution < 1.29 is 13.6 Å². The molecule has 3 aromatic rings. The minimum atomic E-state index is -0.919. The van der Waals surface area contributed by atoms with Crippen LogP contribution in [0.2, 0.25) is 0 Å². The Balaban J connectivity index is 1.88. The van der Waals surface area contributed by atoms with Gasteiger partial charge in [-0.2, -0.15) is 5.10 Å². The standard InChI is InChI=1S/C20H17F2N3O/c1-11-5-3-8-17(12(11)2)25-20-15(10-23-25)14(9-18(26)24-20)13-6-4-7-16(21)19(13)22/h3-8,10,14H,9H2,1-2H3,(H,24,26). The summed E-state index contributed by atoms with van der Waals surface area (Å²) < 4.78 is 29.7. The molecule has 4 rings (SSSR count). The van der Waals surface area contributed by atoms with E-state index >= 15 is 0 Å². The first kappa shape index (κ1) is 16.4. The molecule has 0 fully saturated rings. The minimum Gasteiger partial charge on any atom is -0.310 e. The first-order chi connectivity index (χ1) is 12.5. The summed E-state index contributed by atoms with van der Waals surface area (Å²) in [7, 11) is 0. The molecule has 0 aliphatic carbocycles. The third kappa shape index (κ3) is 2.49. The second kappa shape index (κ2) is 6.05. The number of carbonyl (C=O) groups excluding carboxylic acids is 1. The lowest BCUT2D eigenvalue weighted by atomic mass is 9.87. The van der Waals surface area contributed by atoms with Crippen molar-refractivity contribution in [3.05, 3.63) is 76.5 Å². The van der Waals surface area contributed by atoms with Crippen molar-refractivity contribution in [3.63, 3.8) is 0 Å². The number of nitrogens with zero attached hydrogens (tertiary/aromatic N) is 2. The molecule has 1 atom stereocenters. The summed E-state index contributed by atoms with van der Waals surface area (Å²) in [5.41, 5.74) is 3.82. The lowest BCUT2D eigenvalue weighted by Crippen LogP contribution is -2.25. The smallest absolute Gasteiger partial charge is 0.226 e. The second-order valence-electron chi connectivity index (χ2n) is 6.53. The lowest BCUT2D eigenvalue weighted by molar-refractivity contribution is -0.116. The van der Waals surface area contributed by atoms with Crippen LogP contribution in [0.5, 0.6) is 0 Å². The molecule has 0 bridgehead atoms. The number of benzene rings is 2. The molecule has 1 N–H and O–H groups in total. The van der Waals surface area contributed by atoms with Gasteiger partial charge in [-0.1, -0.05) is 24.3 Å². The van der Waals surface area contributed by atoms with Gasteiger partial charge in [0.25, 0.3) is 0 Å². The third-order valence-electron chi connectivity index (χ3n) is 4.98. The zero-order chi connectivity index (χ0) is 18.4. The molecule has 0 saturated heterocycles. The summed E-state index contributed by atoms with van der Waals surface area (Å²) in [6, 6.07) is 9.87. The topological polar surface area (TPSA) is 46.9 Å².